The van der Waals surface area contributed by atoms with E-state index >= 15 is 0 Å². The molecule has 0 saturated carbocycles. The van der Waals surface area contributed by atoms with Crippen molar-refractivity contribution >= 4 is 22.6 Å². The lowest BCUT2D eigenvalue weighted by molar-refractivity contribution is -0.116. The Morgan fingerprint density at radius 3 is 2.75 bits per heavy atom. The number of para-hydroxylation sites is 3. The van der Waals surface area contributed by atoms with Crippen molar-refractivity contribution in [2.24, 2.45) is 0 Å². The van der Waals surface area contributed by atoms with Crippen molar-refractivity contribution in [1.82, 2.24) is 9.55 Å². The molecule has 3 rings (SSSR count). The molecule has 122 valence electrons. The molecule has 3 aromatic rings. The Kier molecular flexibility index (Phi) is 4.42. The highest BCUT2D eigenvalue weighted by molar-refractivity contribution is 5.93. The fourth-order valence-corrected chi connectivity index (χ4v) is 2.80. The van der Waals surface area contributed by atoms with Crippen LogP contribution in [0, 0.1) is 6.92 Å². The molecule has 5 heteroatoms. The van der Waals surface area contributed by atoms with Gasteiger partial charge in [0, 0.05) is 5.69 Å². The zero-order valence-corrected chi connectivity index (χ0v) is 13.7. The van der Waals surface area contributed by atoms with Crippen molar-refractivity contribution < 1.29 is 4.79 Å². The van der Waals surface area contributed by atoms with E-state index in [1.54, 1.807) is 6.07 Å². The van der Waals surface area contributed by atoms with Crippen LogP contribution in [0.25, 0.3) is 11.0 Å². The summed E-state index contributed by atoms with van der Waals surface area (Å²) in [5.41, 5.74) is 3.97. The van der Waals surface area contributed by atoms with Crippen molar-refractivity contribution in [3.8, 4) is 0 Å². The molecule has 0 radical (unpaired) electrons. The molecule has 1 heterocycles. The summed E-state index contributed by atoms with van der Waals surface area (Å²) in [5.74, 6) is -0.225. The fraction of sp³-hybridized carbons (Fsp3) is 0.211. The molecule has 0 aliphatic rings. The van der Waals surface area contributed by atoms with Crippen molar-refractivity contribution in [1.29, 1.82) is 0 Å². The lowest BCUT2D eigenvalue weighted by Crippen LogP contribution is -2.28. The number of aryl methyl sites for hydroxylation is 2. The maximum Gasteiger partial charge on any atom is 0.269 e. The van der Waals surface area contributed by atoms with Crippen LogP contribution in [0.4, 0.5) is 5.69 Å². The average molecular weight is 321 g/mol. The first-order valence-corrected chi connectivity index (χ1v) is 7.93. The third kappa shape index (κ3) is 3.06. The zero-order chi connectivity index (χ0) is 17.1. The first-order chi connectivity index (χ1) is 11.6. The molecular formula is C19H19N3O2. The van der Waals surface area contributed by atoms with Gasteiger partial charge < -0.3 is 5.32 Å². The lowest BCUT2D eigenvalue weighted by atomic mass is 10.1. The minimum atomic E-state index is -0.288. The summed E-state index contributed by atoms with van der Waals surface area (Å²) in [4.78, 5) is 28.7. The predicted molar refractivity (Wildman–Crippen MR) is 95.2 cm³/mol. The summed E-state index contributed by atoms with van der Waals surface area (Å²) >= 11 is 0. The van der Waals surface area contributed by atoms with Crippen LogP contribution in [0.5, 0.6) is 0 Å². The van der Waals surface area contributed by atoms with E-state index in [-0.39, 0.29) is 18.0 Å². The monoisotopic (exact) mass is 321 g/mol. The van der Waals surface area contributed by atoms with Gasteiger partial charge in [-0.25, -0.2) is 4.98 Å². The lowest BCUT2D eigenvalue weighted by Gasteiger charge is -2.14. The van der Waals surface area contributed by atoms with Crippen LogP contribution in [-0.2, 0) is 17.8 Å². The van der Waals surface area contributed by atoms with Gasteiger partial charge in [-0.3, -0.25) is 14.2 Å². The first-order valence-electron chi connectivity index (χ1n) is 7.93. The summed E-state index contributed by atoms with van der Waals surface area (Å²) < 4.78 is 1.45. The van der Waals surface area contributed by atoms with E-state index < -0.39 is 0 Å². The van der Waals surface area contributed by atoms with Gasteiger partial charge in [-0.05, 0) is 36.6 Å². The van der Waals surface area contributed by atoms with Gasteiger partial charge in [-0.1, -0.05) is 37.3 Å². The molecule has 0 unspecified atom stereocenters. The third-order valence-corrected chi connectivity index (χ3v) is 4.06. The van der Waals surface area contributed by atoms with Gasteiger partial charge in [-0.15, -0.1) is 0 Å². The maximum atomic E-state index is 12.5. The second-order valence-corrected chi connectivity index (χ2v) is 5.68. The number of carbonyl (C=O) groups is 1. The topological polar surface area (TPSA) is 64.0 Å². The van der Waals surface area contributed by atoms with E-state index in [2.05, 4.69) is 10.3 Å². The number of fused-ring (bicyclic) bond motifs is 1. The highest BCUT2D eigenvalue weighted by Crippen LogP contribution is 2.21. The summed E-state index contributed by atoms with van der Waals surface area (Å²) in [5, 5.41) is 2.95. The highest BCUT2D eigenvalue weighted by Gasteiger charge is 2.12. The summed E-state index contributed by atoms with van der Waals surface area (Å²) in [7, 11) is 0. The average Bonchev–Trinajstić information content (AvgIpc) is 2.59. The number of amides is 1. The number of anilines is 1. The van der Waals surface area contributed by atoms with Gasteiger partial charge in [0.2, 0.25) is 5.91 Å². The van der Waals surface area contributed by atoms with Crippen molar-refractivity contribution in [2.45, 2.75) is 26.8 Å². The Morgan fingerprint density at radius 2 is 1.96 bits per heavy atom. The summed E-state index contributed by atoms with van der Waals surface area (Å²) in [6.07, 6.45) is 2.08. The fourth-order valence-electron chi connectivity index (χ4n) is 2.80. The molecule has 0 aliphatic carbocycles. The molecule has 0 bridgehead atoms. The van der Waals surface area contributed by atoms with E-state index in [0.717, 1.165) is 23.2 Å². The minimum absolute atomic E-state index is 0.0423. The van der Waals surface area contributed by atoms with Crippen molar-refractivity contribution in [2.75, 3.05) is 5.32 Å². The molecule has 0 saturated heterocycles. The number of hydrogen-bond donors (Lipinski definition) is 1. The molecule has 5 nitrogen and oxygen atoms in total. The third-order valence-electron chi connectivity index (χ3n) is 4.06. The quantitative estimate of drug-likeness (QED) is 0.803. The van der Waals surface area contributed by atoms with E-state index in [1.165, 1.54) is 10.8 Å². The summed E-state index contributed by atoms with van der Waals surface area (Å²) in [6, 6.07) is 13.2. The normalized spacial score (nSPS) is 10.8. The molecule has 0 aliphatic heterocycles. The molecule has 0 spiro atoms. The molecule has 1 aromatic heterocycles. The van der Waals surface area contributed by atoms with Crippen LogP contribution in [0.15, 0.2) is 53.5 Å². The smallest absolute Gasteiger partial charge is 0.269 e. The molecule has 1 amide bonds. The van der Waals surface area contributed by atoms with Crippen LogP contribution in [-0.4, -0.2) is 15.5 Å². The number of aromatic nitrogens is 2. The zero-order valence-electron chi connectivity index (χ0n) is 13.7. The molecule has 0 atom stereocenters. The molecule has 2 aromatic carbocycles. The van der Waals surface area contributed by atoms with Crippen LogP contribution in [0.3, 0.4) is 0 Å². The Balaban J connectivity index is 1.92. The van der Waals surface area contributed by atoms with E-state index in [9.17, 15) is 9.59 Å². The molecule has 1 N–H and O–H groups in total. The summed E-state index contributed by atoms with van der Waals surface area (Å²) in [6.45, 7) is 3.97. The maximum absolute atomic E-state index is 12.5. The second kappa shape index (κ2) is 6.66. The number of rotatable bonds is 4. The highest BCUT2D eigenvalue weighted by atomic mass is 16.2. The van der Waals surface area contributed by atoms with Crippen molar-refractivity contribution in [3.05, 3.63) is 70.1 Å². The van der Waals surface area contributed by atoms with Gasteiger partial charge in [0.25, 0.3) is 5.56 Å². The van der Waals surface area contributed by atoms with Crippen LogP contribution >= 0.6 is 0 Å². The number of hydrogen-bond acceptors (Lipinski definition) is 3. The van der Waals surface area contributed by atoms with E-state index in [4.69, 9.17) is 0 Å². The first kappa shape index (κ1) is 15.9. The van der Waals surface area contributed by atoms with Crippen LogP contribution < -0.4 is 10.9 Å². The molecular weight excluding hydrogens is 302 g/mol. The van der Waals surface area contributed by atoms with Crippen LogP contribution in [0.1, 0.15) is 18.1 Å². The predicted octanol–water partition coefficient (Wildman–Crippen LogP) is 2.91. The Morgan fingerprint density at radius 1 is 1.17 bits per heavy atom. The number of carbonyl (C=O) groups excluding carboxylic acids is 1. The number of nitrogens with zero attached hydrogens (tertiary/aromatic N) is 2. The Bertz CT molecular complexity index is 960. The largest absolute Gasteiger partial charge is 0.324 e. The van der Waals surface area contributed by atoms with E-state index in [1.807, 2.05) is 50.2 Å². The van der Waals surface area contributed by atoms with Gasteiger partial charge in [-0.2, -0.15) is 0 Å². The minimum Gasteiger partial charge on any atom is -0.324 e. The SMILES string of the molecule is CCc1cccc(C)c1NC(=O)Cn1c(=O)cnc2ccccc21. The standard InChI is InChI=1S/C19H19N3O2/c1-3-14-8-6-7-13(2)19(14)21-17(23)12-22-16-10-5-4-9-15(16)20-11-18(22)24/h4-11H,3,12H2,1-2H3,(H,21,23). The van der Waals surface area contributed by atoms with E-state index in [0.29, 0.717) is 11.0 Å². The number of benzene rings is 2. The van der Waals surface area contributed by atoms with Crippen molar-refractivity contribution in [3.63, 3.8) is 0 Å². The Labute approximate surface area is 140 Å². The molecule has 24 heavy (non-hydrogen) atoms. The van der Waals surface area contributed by atoms with Gasteiger partial charge in [0.05, 0.1) is 17.2 Å². The number of nitrogens with one attached hydrogen (secondary N) is 1. The second-order valence-electron chi connectivity index (χ2n) is 5.68. The van der Waals surface area contributed by atoms with Gasteiger partial charge in [0.1, 0.15) is 6.54 Å². The Hall–Kier alpha value is -2.95. The van der Waals surface area contributed by atoms with Crippen LogP contribution in [0.2, 0.25) is 0 Å². The van der Waals surface area contributed by atoms with Gasteiger partial charge >= 0.3 is 0 Å². The molecule has 0 fully saturated rings. The van der Waals surface area contributed by atoms with Gasteiger partial charge in [0.15, 0.2) is 0 Å².